The lowest BCUT2D eigenvalue weighted by Gasteiger charge is -2.27. The van der Waals surface area contributed by atoms with Crippen molar-refractivity contribution in [2.45, 2.75) is 65.2 Å². The van der Waals surface area contributed by atoms with Gasteiger partial charge in [-0.3, -0.25) is 9.59 Å². The van der Waals surface area contributed by atoms with Gasteiger partial charge in [0.1, 0.15) is 0 Å². The Morgan fingerprint density at radius 1 is 0.684 bits per heavy atom. The number of H-pyrrole nitrogens is 1. The van der Waals surface area contributed by atoms with Crippen LogP contribution in [0.3, 0.4) is 0 Å². The van der Waals surface area contributed by atoms with E-state index in [2.05, 4.69) is 37.0 Å². The summed E-state index contributed by atoms with van der Waals surface area (Å²) in [6.07, 6.45) is 9.00. The van der Waals surface area contributed by atoms with Gasteiger partial charge in [-0.2, -0.15) is 0 Å². The number of aromatic amines is 1. The molecule has 3 heteroatoms. The van der Waals surface area contributed by atoms with Crippen molar-refractivity contribution in [1.29, 1.82) is 0 Å². The molecule has 0 saturated heterocycles. The third-order valence-corrected chi connectivity index (χ3v) is 7.98. The summed E-state index contributed by atoms with van der Waals surface area (Å²) in [5.41, 5.74) is 6.07. The highest BCUT2D eigenvalue weighted by Gasteiger charge is 2.37. The van der Waals surface area contributed by atoms with Crippen LogP contribution in [-0.2, 0) is 0 Å². The van der Waals surface area contributed by atoms with Crippen LogP contribution in [0.5, 0.6) is 0 Å². The van der Waals surface area contributed by atoms with Crippen molar-refractivity contribution in [2.24, 2.45) is 5.92 Å². The number of rotatable bonds is 11. The molecule has 0 radical (unpaired) electrons. The summed E-state index contributed by atoms with van der Waals surface area (Å²) in [6, 6.07) is 25.6. The lowest BCUT2D eigenvalue weighted by atomic mass is 9.73. The number of nitrogens with one attached hydrogen (secondary N) is 1. The molecule has 0 bridgehead atoms. The van der Waals surface area contributed by atoms with Gasteiger partial charge in [-0.25, -0.2) is 0 Å². The molecule has 1 aliphatic carbocycles. The minimum Gasteiger partial charge on any atom is -0.354 e. The Hall–Kier alpha value is -3.72. The number of carbonyl (C=O) groups is 2. The zero-order valence-electron chi connectivity index (χ0n) is 22.6. The lowest BCUT2D eigenvalue weighted by Crippen LogP contribution is -2.26. The quantitative estimate of drug-likeness (QED) is 0.207. The predicted molar refractivity (Wildman–Crippen MR) is 158 cm³/mol. The number of Topliss-reactive ketones (excluding diaryl/α,β-unsaturated/α-hetero) is 2. The Balaban J connectivity index is 1.69. The van der Waals surface area contributed by atoms with Gasteiger partial charge < -0.3 is 4.98 Å². The second-order valence-corrected chi connectivity index (χ2v) is 10.4. The summed E-state index contributed by atoms with van der Waals surface area (Å²) in [6.45, 7) is 4.39. The van der Waals surface area contributed by atoms with E-state index in [1.807, 2.05) is 54.6 Å². The van der Waals surface area contributed by atoms with E-state index < -0.39 is 0 Å². The van der Waals surface area contributed by atoms with Gasteiger partial charge in [0.25, 0.3) is 0 Å². The smallest absolute Gasteiger partial charge is 0.194 e. The largest absolute Gasteiger partial charge is 0.354 e. The highest BCUT2D eigenvalue weighted by atomic mass is 16.1. The Morgan fingerprint density at radius 3 is 2.05 bits per heavy atom. The molecule has 1 unspecified atom stereocenters. The number of unbranched alkanes of at least 4 members (excludes halogenated alkanes) is 5. The topological polar surface area (TPSA) is 49.9 Å². The van der Waals surface area contributed by atoms with Crippen LogP contribution in [0.2, 0.25) is 0 Å². The van der Waals surface area contributed by atoms with Crippen molar-refractivity contribution < 1.29 is 9.59 Å². The van der Waals surface area contributed by atoms with Gasteiger partial charge in [-0.1, -0.05) is 125 Å². The molecule has 5 rings (SSSR count). The van der Waals surface area contributed by atoms with Crippen LogP contribution in [0, 0.1) is 5.92 Å². The van der Waals surface area contributed by atoms with Crippen LogP contribution >= 0.6 is 0 Å². The van der Waals surface area contributed by atoms with Crippen molar-refractivity contribution in [3.63, 3.8) is 0 Å². The summed E-state index contributed by atoms with van der Waals surface area (Å²) < 4.78 is 0. The highest BCUT2D eigenvalue weighted by Crippen LogP contribution is 2.44. The minimum atomic E-state index is -0.0430. The highest BCUT2D eigenvalue weighted by molar-refractivity contribution is 6.42. The molecule has 0 fully saturated rings. The van der Waals surface area contributed by atoms with E-state index in [1.165, 1.54) is 32.1 Å². The first kappa shape index (κ1) is 25.9. The van der Waals surface area contributed by atoms with Crippen molar-refractivity contribution in [1.82, 2.24) is 4.98 Å². The van der Waals surface area contributed by atoms with E-state index in [4.69, 9.17) is 0 Å². The normalized spacial score (nSPS) is 14.3. The maximum atomic E-state index is 14.3. The van der Waals surface area contributed by atoms with E-state index in [1.54, 1.807) is 6.07 Å². The van der Waals surface area contributed by atoms with Gasteiger partial charge in [-0.15, -0.1) is 0 Å². The number of hydrogen-bond donors (Lipinski definition) is 1. The number of fused-ring (bicyclic) bond motifs is 2. The van der Waals surface area contributed by atoms with Crippen molar-refractivity contribution in [3.05, 3.63) is 101 Å². The Labute approximate surface area is 226 Å². The Morgan fingerprint density at radius 2 is 1.32 bits per heavy atom. The molecule has 3 aromatic carbocycles. The summed E-state index contributed by atoms with van der Waals surface area (Å²) in [7, 11) is 0. The molecule has 0 spiro atoms. The molecular weight excluding hydrogens is 466 g/mol. The molecule has 0 amide bonds. The SMILES string of the molecule is CCCCCCCCC(CC)C1=C(c2c(-c3ccccc3)[nH]c3ccccc23)C(=O)c2ccccc2C1=O. The van der Waals surface area contributed by atoms with Crippen LogP contribution in [0.4, 0.5) is 0 Å². The molecule has 38 heavy (non-hydrogen) atoms. The number of hydrogen-bond acceptors (Lipinski definition) is 2. The second kappa shape index (κ2) is 11.8. The van der Waals surface area contributed by atoms with E-state index in [9.17, 15) is 9.59 Å². The number of para-hydroxylation sites is 1. The standard InChI is InChI=1S/C35H37NO2/c1-3-5-6-7-8-10-17-24(4-2)30-32(35(38)27-21-14-13-20-26(27)34(30)37)31-28-22-15-16-23-29(28)36-33(31)25-18-11-9-12-19-25/h9,11-16,18-24,36H,3-8,10,17H2,1-2H3. The van der Waals surface area contributed by atoms with Crippen molar-refractivity contribution in [2.75, 3.05) is 0 Å². The van der Waals surface area contributed by atoms with E-state index in [0.29, 0.717) is 22.3 Å². The predicted octanol–water partition coefficient (Wildman–Crippen LogP) is 9.44. The average Bonchev–Trinajstić information content (AvgIpc) is 3.35. The van der Waals surface area contributed by atoms with Gasteiger partial charge in [-0.05, 0) is 30.4 Å². The maximum Gasteiger partial charge on any atom is 0.194 e. The average molecular weight is 504 g/mol. The molecule has 1 aromatic heterocycles. The summed E-state index contributed by atoms with van der Waals surface area (Å²) in [4.78, 5) is 32.1. The summed E-state index contributed by atoms with van der Waals surface area (Å²) >= 11 is 0. The maximum absolute atomic E-state index is 14.3. The number of allylic oxidation sites excluding steroid dienone is 2. The first-order valence-corrected chi connectivity index (χ1v) is 14.2. The molecule has 0 saturated carbocycles. The van der Waals surface area contributed by atoms with Gasteiger partial charge in [0.05, 0.1) is 5.69 Å². The summed E-state index contributed by atoms with van der Waals surface area (Å²) in [5, 5.41) is 0.980. The number of carbonyl (C=O) groups excluding carboxylic acids is 2. The zero-order chi connectivity index (χ0) is 26.5. The van der Waals surface area contributed by atoms with Gasteiger partial charge in [0, 0.05) is 38.7 Å². The molecule has 1 atom stereocenters. The van der Waals surface area contributed by atoms with Crippen molar-refractivity contribution in [3.8, 4) is 11.3 Å². The summed E-state index contributed by atoms with van der Waals surface area (Å²) in [5.74, 6) is 0.00845. The number of aromatic nitrogens is 1. The number of benzene rings is 3. The monoisotopic (exact) mass is 503 g/mol. The Kier molecular flexibility index (Phi) is 8.03. The van der Waals surface area contributed by atoms with Gasteiger partial charge in [0.2, 0.25) is 0 Å². The zero-order valence-corrected chi connectivity index (χ0v) is 22.6. The first-order valence-electron chi connectivity index (χ1n) is 14.2. The molecule has 194 valence electrons. The fraction of sp³-hybridized carbons (Fsp3) is 0.314. The van der Waals surface area contributed by atoms with Gasteiger partial charge in [0.15, 0.2) is 11.6 Å². The molecule has 4 aromatic rings. The molecule has 1 N–H and O–H groups in total. The molecule has 3 nitrogen and oxygen atoms in total. The van der Waals surface area contributed by atoms with Crippen LogP contribution in [0.25, 0.3) is 27.7 Å². The van der Waals surface area contributed by atoms with Crippen LogP contribution in [0.15, 0.2) is 84.4 Å². The third-order valence-electron chi connectivity index (χ3n) is 7.98. The van der Waals surface area contributed by atoms with Crippen LogP contribution in [0.1, 0.15) is 91.5 Å². The van der Waals surface area contributed by atoms with Crippen LogP contribution < -0.4 is 0 Å². The second-order valence-electron chi connectivity index (χ2n) is 10.4. The third kappa shape index (κ3) is 4.90. The van der Waals surface area contributed by atoms with Crippen molar-refractivity contribution >= 4 is 28.0 Å². The van der Waals surface area contributed by atoms with E-state index in [-0.39, 0.29) is 17.5 Å². The molecular formula is C35H37NO2. The Bertz CT molecular complexity index is 1470. The van der Waals surface area contributed by atoms with Gasteiger partial charge >= 0.3 is 0 Å². The molecule has 0 aliphatic heterocycles. The lowest BCUT2D eigenvalue weighted by molar-refractivity contribution is 0.0980. The molecule has 1 heterocycles. The molecule has 1 aliphatic rings. The van der Waals surface area contributed by atoms with Crippen LogP contribution in [-0.4, -0.2) is 16.6 Å². The van der Waals surface area contributed by atoms with E-state index in [0.717, 1.165) is 47.0 Å². The number of ketones is 2. The fourth-order valence-electron chi connectivity index (χ4n) is 5.98. The fourth-order valence-corrected chi connectivity index (χ4v) is 5.98. The minimum absolute atomic E-state index is 0.0114. The van der Waals surface area contributed by atoms with E-state index >= 15 is 0 Å². The first-order chi connectivity index (χ1) is 18.7.